The lowest BCUT2D eigenvalue weighted by Gasteiger charge is -2.31. The largest absolute Gasteiger partial charge is 0.465 e. The van der Waals surface area contributed by atoms with Crippen LogP contribution in [0.2, 0.25) is 0 Å². The molecule has 1 aliphatic rings. The molecule has 1 fully saturated rings. The number of rotatable bonds is 8. The standard InChI is InChI=1S/C19H27N3O5/c1-21(16-7-4-3-5-8-16)10-6-9-20-18(23)14-11-15(19(24)27-2)13-17(12-14)22(25)26/h11-13,16H,3-10H2,1-2H3,(H,20,23). The first kappa shape index (κ1) is 20.8. The van der Waals surface area contributed by atoms with E-state index in [0.717, 1.165) is 25.1 Å². The monoisotopic (exact) mass is 377 g/mol. The van der Waals surface area contributed by atoms with Gasteiger partial charge in [0.05, 0.1) is 17.6 Å². The average molecular weight is 377 g/mol. The Morgan fingerprint density at radius 2 is 1.89 bits per heavy atom. The highest BCUT2D eigenvalue weighted by Crippen LogP contribution is 2.21. The third kappa shape index (κ3) is 6.02. The fourth-order valence-electron chi connectivity index (χ4n) is 3.42. The number of nitro benzene ring substituents is 1. The van der Waals surface area contributed by atoms with Gasteiger partial charge < -0.3 is 15.0 Å². The van der Waals surface area contributed by atoms with Gasteiger partial charge in [0.15, 0.2) is 0 Å². The maximum atomic E-state index is 12.3. The van der Waals surface area contributed by atoms with Gasteiger partial charge in [0.25, 0.3) is 11.6 Å². The Balaban J connectivity index is 1.90. The van der Waals surface area contributed by atoms with E-state index in [-0.39, 0.29) is 16.8 Å². The van der Waals surface area contributed by atoms with Crippen molar-refractivity contribution in [2.75, 3.05) is 27.2 Å². The molecule has 1 N–H and O–H groups in total. The van der Waals surface area contributed by atoms with Crippen molar-refractivity contribution in [2.45, 2.75) is 44.6 Å². The van der Waals surface area contributed by atoms with Crippen molar-refractivity contribution < 1.29 is 19.2 Å². The van der Waals surface area contributed by atoms with Crippen molar-refractivity contribution >= 4 is 17.6 Å². The predicted molar refractivity (Wildman–Crippen MR) is 101 cm³/mol. The number of esters is 1. The van der Waals surface area contributed by atoms with Crippen LogP contribution in [0.4, 0.5) is 5.69 Å². The molecule has 1 saturated carbocycles. The molecular weight excluding hydrogens is 350 g/mol. The van der Waals surface area contributed by atoms with E-state index < -0.39 is 16.8 Å². The van der Waals surface area contributed by atoms with Crippen LogP contribution in [0.5, 0.6) is 0 Å². The first-order chi connectivity index (χ1) is 12.9. The number of amides is 1. The second kappa shape index (κ2) is 10.0. The van der Waals surface area contributed by atoms with Crippen molar-refractivity contribution in [3.8, 4) is 0 Å². The molecule has 1 amide bonds. The Kier molecular flexibility index (Phi) is 7.72. The number of carbonyl (C=O) groups excluding carboxylic acids is 2. The highest BCUT2D eigenvalue weighted by molar-refractivity contribution is 5.98. The van der Waals surface area contributed by atoms with Crippen LogP contribution in [-0.2, 0) is 4.74 Å². The van der Waals surface area contributed by atoms with Crippen LogP contribution >= 0.6 is 0 Å². The zero-order chi connectivity index (χ0) is 19.8. The Bertz CT molecular complexity index is 686. The molecular formula is C19H27N3O5. The van der Waals surface area contributed by atoms with Gasteiger partial charge in [0.2, 0.25) is 0 Å². The fourth-order valence-corrected chi connectivity index (χ4v) is 3.42. The van der Waals surface area contributed by atoms with Crippen molar-refractivity contribution in [3.05, 3.63) is 39.4 Å². The molecule has 0 radical (unpaired) electrons. The highest BCUT2D eigenvalue weighted by Gasteiger charge is 2.19. The number of nitrogens with zero attached hydrogens (tertiary/aromatic N) is 2. The third-order valence-corrected chi connectivity index (χ3v) is 4.98. The number of hydrogen-bond acceptors (Lipinski definition) is 6. The zero-order valence-corrected chi connectivity index (χ0v) is 15.9. The molecule has 0 atom stereocenters. The summed E-state index contributed by atoms with van der Waals surface area (Å²) in [5, 5.41) is 13.8. The van der Waals surface area contributed by atoms with E-state index in [2.05, 4.69) is 22.0 Å². The maximum absolute atomic E-state index is 12.3. The van der Waals surface area contributed by atoms with Gasteiger partial charge in [-0.25, -0.2) is 4.79 Å². The molecule has 0 heterocycles. The molecule has 148 valence electrons. The summed E-state index contributed by atoms with van der Waals surface area (Å²) in [6.45, 7) is 1.35. The lowest BCUT2D eigenvalue weighted by Crippen LogP contribution is -2.35. The van der Waals surface area contributed by atoms with Crippen molar-refractivity contribution in [3.63, 3.8) is 0 Å². The molecule has 2 rings (SSSR count). The van der Waals surface area contributed by atoms with E-state index in [4.69, 9.17) is 0 Å². The number of methoxy groups -OCH3 is 1. The summed E-state index contributed by atoms with van der Waals surface area (Å²) in [6.07, 6.45) is 7.12. The number of carbonyl (C=O) groups is 2. The van der Waals surface area contributed by atoms with Crippen LogP contribution in [0, 0.1) is 10.1 Å². The lowest BCUT2D eigenvalue weighted by atomic mass is 9.94. The van der Waals surface area contributed by atoms with Gasteiger partial charge in [0.1, 0.15) is 0 Å². The van der Waals surface area contributed by atoms with Gasteiger partial charge in [-0.15, -0.1) is 0 Å². The van der Waals surface area contributed by atoms with E-state index in [1.54, 1.807) is 0 Å². The van der Waals surface area contributed by atoms with Gasteiger partial charge in [-0.05, 0) is 38.9 Å². The van der Waals surface area contributed by atoms with Gasteiger partial charge in [-0.2, -0.15) is 0 Å². The SMILES string of the molecule is COC(=O)c1cc(C(=O)NCCCN(C)C2CCCCC2)cc([N+](=O)[O-])c1. The molecule has 1 aromatic carbocycles. The van der Waals surface area contributed by atoms with Gasteiger partial charge in [-0.3, -0.25) is 14.9 Å². The molecule has 1 aliphatic carbocycles. The van der Waals surface area contributed by atoms with Crippen molar-refractivity contribution in [1.29, 1.82) is 0 Å². The second-order valence-corrected chi connectivity index (χ2v) is 6.90. The summed E-state index contributed by atoms with van der Waals surface area (Å²) < 4.78 is 4.59. The summed E-state index contributed by atoms with van der Waals surface area (Å²) in [7, 11) is 3.30. The van der Waals surface area contributed by atoms with Crippen LogP contribution in [0.1, 0.15) is 59.2 Å². The lowest BCUT2D eigenvalue weighted by molar-refractivity contribution is -0.384. The molecule has 0 aliphatic heterocycles. The fraction of sp³-hybridized carbons (Fsp3) is 0.579. The molecule has 0 saturated heterocycles. The maximum Gasteiger partial charge on any atom is 0.338 e. The van der Waals surface area contributed by atoms with Crippen LogP contribution in [0.3, 0.4) is 0 Å². The summed E-state index contributed by atoms with van der Waals surface area (Å²) in [4.78, 5) is 36.7. The van der Waals surface area contributed by atoms with Crippen molar-refractivity contribution in [1.82, 2.24) is 10.2 Å². The van der Waals surface area contributed by atoms with E-state index in [9.17, 15) is 19.7 Å². The quantitative estimate of drug-likeness (QED) is 0.323. The Morgan fingerprint density at radius 1 is 1.22 bits per heavy atom. The number of benzene rings is 1. The predicted octanol–water partition coefficient (Wildman–Crippen LogP) is 2.77. The van der Waals surface area contributed by atoms with E-state index in [1.165, 1.54) is 45.3 Å². The molecule has 0 spiro atoms. The number of nitro groups is 1. The summed E-state index contributed by atoms with van der Waals surface area (Å²) >= 11 is 0. The summed E-state index contributed by atoms with van der Waals surface area (Å²) in [5.41, 5.74) is -0.265. The molecule has 8 nitrogen and oxygen atoms in total. The normalized spacial score (nSPS) is 14.8. The molecule has 1 aromatic rings. The second-order valence-electron chi connectivity index (χ2n) is 6.90. The number of ether oxygens (including phenoxy) is 1. The van der Waals surface area contributed by atoms with E-state index >= 15 is 0 Å². The van der Waals surface area contributed by atoms with Crippen LogP contribution in [-0.4, -0.2) is 55.0 Å². The molecule has 8 heteroatoms. The van der Waals surface area contributed by atoms with Crippen LogP contribution in [0.25, 0.3) is 0 Å². The minimum atomic E-state index is -0.721. The number of non-ortho nitro benzene ring substituents is 1. The highest BCUT2D eigenvalue weighted by atomic mass is 16.6. The van der Waals surface area contributed by atoms with Crippen molar-refractivity contribution in [2.24, 2.45) is 0 Å². The van der Waals surface area contributed by atoms with E-state index in [0.29, 0.717) is 12.6 Å². The Hall–Kier alpha value is -2.48. The van der Waals surface area contributed by atoms with Gasteiger partial charge in [-0.1, -0.05) is 19.3 Å². The van der Waals surface area contributed by atoms with Gasteiger partial charge >= 0.3 is 5.97 Å². The molecule has 27 heavy (non-hydrogen) atoms. The minimum Gasteiger partial charge on any atom is -0.465 e. The number of hydrogen-bond donors (Lipinski definition) is 1. The minimum absolute atomic E-state index is 0.0196. The summed E-state index contributed by atoms with van der Waals surface area (Å²) in [6, 6.07) is 4.19. The smallest absolute Gasteiger partial charge is 0.338 e. The van der Waals surface area contributed by atoms with E-state index in [1.807, 2.05) is 0 Å². The topological polar surface area (TPSA) is 102 Å². The van der Waals surface area contributed by atoms with Crippen LogP contribution < -0.4 is 5.32 Å². The number of nitrogens with one attached hydrogen (secondary N) is 1. The van der Waals surface area contributed by atoms with Gasteiger partial charge in [0, 0.05) is 30.3 Å². The first-order valence-corrected chi connectivity index (χ1v) is 9.28. The molecule has 0 aromatic heterocycles. The Labute approximate surface area is 159 Å². The third-order valence-electron chi connectivity index (χ3n) is 4.98. The molecule has 0 bridgehead atoms. The first-order valence-electron chi connectivity index (χ1n) is 9.28. The van der Waals surface area contributed by atoms with Crippen LogP contribution in [0.15, 0.2) is 18.2 Å². The Morgan fingerprint density at radius 3 is 2.52 bits per heavy atom. The average Bonchev–Trinajstić information content (AvgIpc) is 2.70. The zero-order valence-electron chi connectivity index (χ0n) is 15.9. The summed E-state index contributed by atoms with van der Waals surface area (Å²) in [5.74, 6) is -1.16. The molecule has 0 unspecified atom stereocenters.